The van der Waals surface area contributed by atoms with E-state index in [4.69, 9.17) is 4.74 Å². The van der Waals surface area contributed by atoms with Gasteiger partial charge in [-0.2, -0.15) is 5.10 Å². The fraction of sp³-hybridized carbons (Fsp3) is 0.130. The number of carbonyl (C=O) groups excluding carboxylic acids is 1. The molecule has 7 nitrogen and oxygen atoms in total. The Hall–Kier alpha value is -4.00. The van der Waals surface area contributed by atoms with Crippen molar-refractivity contribution in [2.75, 3.05) is 6.61 Å². The van der Waals surface area contributed by atoms with Crippen LogP contribution in [0.15, 0.2) is 79.4 Å². The number of amides is 1. The maximum Gasteiger partial charge on any atom is 0.258 e. The number of hydrogen-bond donors (Lipinski definition) is 1. The van der Waals surface area contributed by atoms with Crippen LogP contribution in [0.1, 0.15) is 5.56 Å². The van der Waals surface area contributed by atoms with Gasteiger partial charge in [-0.15, -0.1) is 0 Å². The quantitative estimate of drug-likeness (QED) is 0.516. The topological polar surface area (TPSA) is 81.9 Å². The number of aryl methyl sites for hydroxylation is 1. The number of rotatable bonds is 7. The Bertz CT molecular complexity index is 1130. The summed E-state index contributed by atoms with van der Waals surface area (Å²) in [5, 5.41) is 7.51. The molecule has 0 aliphatic heterocycles. The molecule has 0 saturated carbocycles. The van der Waals surface area contributed by atoms with Gasteiger partial charge in [0, 0.05) is 55.6 Å². The van der Waals surface area contributed by atoms with Crippen LogP contribution in [-0.2, 0) is 18.4 Å². The smallest absolute Gasteiger partial charge is 0.258 e. The highest BCUT2D eigenvalue weighted by molar-refractivity contribution is 5.80. The highest BCUT2D eigenvalue weighted by Crippen LogP contribution is 2.30. The minimum absolute atomic E-state index is 0.0802. The monoisotopic (exact) mass is 399 g/mol. The van der Waals surface area contributed by atoms with Gasteiger partial charge < -0.3 is 10.1 Å². The molecule has 0 fully saturated rings. The van der Waals surface area contributed by atoms with E-state index in [9.17, 15) is 4.79 Å². The molecule has 1 N–H and O–H groups in total. The van der Waals surface area contributed by atoms with Crippen molar-refractivity contribution in [3.8, 4) is 28.3 Å². The van der Waals surface area contributed by atoms with Crippen molar-refractivity contribution in [3.63, 3.8) is 0 Å². The predicted octanol–water partition coefficient (Wildman–Crippen LogP) is 3.24. The summed E-state index contributed by atoms with van der Waals surface area (Å²) < 4.78 is 7.18. The van der Waals surface area contributed by atoms with Gasteiger partial charge >= 0.3 is 0 Å². The summed E-state index contributed by atoms with van der Waals surface area (Å²) in [6.45, 7) is 0.318. The van der Waals surface area contributed by atoms with Crippen LogP contribution in [0.4, 0.5) is 0 Å². The van der Waals surface area contributed by atoms with Gasteiger partial charge in [0.25, 0.3) is 5.91 Å². The Morgan fingerprint density at radius 3 is 2.70 bits per heavy atom. The zero-order valence-electron chi connectivity index (χ0n) is 16.5. The number of nitrogens with one attached hydrogen (secondary N) is 1. The summed E-state index contributed by atoms with van der Waals surface area (Å²) in [7, 11) is 1.90. The lowest BCUT2D eigenvalue weighted by Gasteiger charge is -2.08. The molecule has 0 aliphatic carbocycles. The Morgan fingerprint density at radius 2 is 1.90 bits per heavy atom. The highest BCUT2D eigenvalue weighted by atomic mass is 16.5. The number of aromatic nitrogens is 4. The van der Waals surface area contributed by atoms with Gasteiger partial charge in [-0.25, -0.2) is 4.98 Å². The highest BCUT2D eigenvalue weighted by Gasteiger charge is 2.13. The summed E-state index contributed by atoms with van der Waals surface area (Å²) in [4.78, 5) is 20.2. The minimum atomic E-state index is -0.207. The number of nitrogens with zero attached hydrogens (tertiary/aromatic N) is 4. The summed E-state index contributed by atoms with van der Waals surface area (Å²) in [6.07, 6.45) is 7.15. The molecular weight excluding hydrogens is 378 g/mol. The van der Waals surface area contributed by atoms with E-state index in [1.54, 1.807) is 35.4 Å². The van der Waals surface area contributed by atoms with E-state index in [1.807, 2.05) is 55.7 Å². The van der Waals surface area contributed by atoms with Crippen LogP contribution in [0, 0.1) is 0 Å². The van der Waals surface area contributed by atoms with Gasteiger partial charge in [0.2, 0.25) is 5.88 Å². The summed E-state index contributed by atoms with van der Waals surface area (Å²) >= 11 is 0. The zero-order valence-corrected chi connectivity index (χ0v) is 16.5. The van der Waals surface area contributed by atoms with Gasteiger partial charge in [0.15, 0.2) is 6.61 Å². The fourth-order valence-corrected chi connectivity index (χ4v) is 3.10. The van der Waals surface area contributed by atoms with E-state index in [-0.39, 0.29) is 12.5 Å². The minimum Gasteiger partial charge on any atom is -0.468 e. The Morgan fingerprint density at radius 1 is 1.03 bits per heavy atom. The van der Waals surface area contributed by atoms with E-state index in [0.29, 0.717) is 12.4 Å². The van der Waals surface area contributed by atoms with Gasteiger partial charge in [0.1, 0.15) is 5.69 Å². The molecule has 0 unspecified atom stereocenters. The predicted molar refractivity (Wildman–Crippen MR) is 113 cm³/mol. The first-order chi connectivity index (χ1) is 14.7. The summed E-state index contributed by atoms with van der Waals surface area (Å²) in [5.41, 5.74) is 4.93. The third kappa shape index (κ3) is 4.70. The first-order valence-corrected chi connectivity index (χ1v) is 9.53. The lowest BCUT2D eigenvalue weighted by molar-refractivity contribution is -0.123. The van der Waals surface area contributed by atoms with E-state index < -0.39 is 0 Å². The van der Waals surface area contributed by atoms with Crippen LogP contribution in [0.25, 0.3) is 22.4 Å². The molecule has 0 saturated heterocycles. The fourth-order valence-electron chi connectivity index (χ4n) is 3.10. The number of ether oxygens (including phenoxy) is 1. The van der Waals surface area contributed by atoms with Crippen molar-refractivity contribution in [1.82, 2.24) is 25.1 Å². The maximum atomic E-state index is 12.1. The average Bonchev–Trinajstić information content (AvgIpc) is 3.19. The second kappa shape index (κ2) is 9.00. The maximum absolute atomic E-state index is 12.1. The molecule has 1 amide bonds. The SMILES string of the molecule is Cn1cc(-c2ccncc2)c(-c2cccc(CNC(=O)COc3ccccn3)c2)n1. The largest absolute Gasteiger partial charge is 0.468 e. The van der Waals surface area contributed by atoms with E-state index in [0.717, 1.165) is 27.9 Å². The molecule has 4 aromatic rings. The van der Waals surface area contributed by atoms with Crippen LogP contribution in [0.3, 0.4) is 0 Å². The van der Waals surface area contributed by atoms with Crippen molar-refractivity contribution in [3.05, 3.63) is 84.9 Å². The van der Waals surface area contributed by atoms with Crippen molar-refractivity contribution in [2.24, 2.45) is 7.05 Å². The summed E-state index contributed by atoms with van der Waals surface area (Å²) in [5.74, 6) is 0.217. The molecule has 0 spiro atoms. The van der Waals surface area contributed by atoms with Crippen LogP contribution in [-0.4, -0.2) is 32.3 Å². The van der Waals surface area contributed by atoms with Crippen molar-refractivity contribution < 1.29 is 9.53 Å². The van der Waals surface area contributed by atoms with Crippen molar-refractivity contribution in [2.45, 2.75) is 6.54 Å². The lowest BCUT2D eigenvalue weighted by atomic mass is 10.0. The molecule has 0 aliphatic rings. The first kappa shape index (κ1) is 19.3. The van der Waals surface area contributed by atoms with E-state index in [1.165, 1.54) is 0 Å². The molecule has 150 valence electrons. The lowest BCUT2D eigenvalue weighted by Crippen LogP contribution is -2.28. The van der Waals surface area contributed by atoms with Crippen molar-refractivity contribution in [1.29, 1.82) is 0 Å². The Kier molecular flexibility index (Phi) is 5.80. The van der Waals surface area contributed by atoms with Gasteiger partial charge in [-0.05, 0) is 35.4 Å². The molecule has 1 aromatic carbocycles. The van der Waals surface area contributed by atoms with Crippen LogP contribution < -0.4 is 10.1 Å². The normalized spacial score (nSPS) is 10.6. The van der Waals surface area contributed by atoms with Crippen LogP contribution >= 0.6 is 0 Å². The van der Waals surface area contributed by atoms with Gasteiger partial charge in [-0.3, -0.25) is 14.5 Å². The first-order valence-electron chi connectivity index (χ1n) is 9.53. The molecule has 30 heavy (non-hydrogen) atoms. The van der Waals surface area contributed by atoms with Crippen LogP contribution in [0.2, 0.25) is 0 Å². The van der Waals surface area contributed by atoms with Gasteiger partial charge in [-0.1, -0.05) is 24.3 Å². The number of hydrogen-bond acceptors (Lipinski definition) is 5. The number of pyridine rings is 2. The van der Waals surface area contributed by atoms with E-state index in [2.05, 4.69) is 20.4 Å². The van der Waals surface area contributed by atoms with Crippen LogP contribution in [0.5, 0.6) is 5.88 Å². The third-order valence-corrected chi connectivity index (χ3v) is 4.50. The second-order valence-corrected chi connectivity index (χ2v) is 6.73. The summed E-state index contributed by atoms with van der Waals surface area (Å²) in [6, 6.07) is 17.2. The van der Waals surface area contributed by atoms with Gasteiger partial charge in [0.05, 0.1) is 0 Å². The molecule has 0 bridgehead atoms. The number of benzene rings is 1. The Balaban J connectivity index is 1.44. The molecule has 4 rings (SSSR count). The standard InChI is InChI=1S/C23H21N5O2/c1-28-15-20(18-8-11-24-12-9-18)23(27-28)19-6-4-5-17(13-19)14-26-21(29)16-30-22-7-2-3-10-25-22/h2-13,15H,14,16H2,1H3,(H,26,29). The van der Waals surface area contributed by atoms with Crippen molar-refractivity contribution >= 4 is 5.91 Å². The molecule has 3 heterocycles. The second-order valence-electron chi connectivity index (χ2n) is 6.73. The molecule has 0 radical (unpaired) electrons. The molecule has 0 atom stereocenters. The Labute approximate surface area is 174 Å². The van der Waals surface area contributed by atoms with E-state index >= 15 is 0 Å². The number of carbonyl (C=O) groups is 1. The average molecular weight is 399 g/mol. The molecule has 7 heteroatoms. The molecular formula is C23H21N5O2. The third-order valence-electron chi connectivity index (χ3n) is 4.50. The zero-order chi connectivity index (χ0) is 20.8. The molecule has 3 aromatic heterocycles.